The van der Waals surface area contributed by atoms with Gasteiger partial charge in [-0.15, -0.1) is 0 Å². The molecule has 2 atom stereocenters. The summed E-state index contributed by atoms with van der Waals surface area (Å²) in [7, 11) is 1.73. The second-order valence-electron chi connectivity index (χ2n) is 6.22. The van der Waals surface area contributed by atoms with E-state index in [1.165, 1.54) is 22.3 Å². The molecule has 0 spiro atoms. The highest BCUT2D eigenvalue weighted by Crippen LogP contribution is 2.38. The topological polar surface area (TPSA) is 35.2 Å². The van der Waals surface area contributed by atoms with Crippen LogP contribution in [0.5, 0.6) is 5.75 Å². The Labute approximate surface area is 133 Å². The summed E-state index contributed by atoms with van der Waals surface area (Å²) < 4.78 is 5.41. The van der Waals surface area contributed by atoms with Crippen LogP contribution in [0.3, 0.4) is 0 Å². The minimum Gasteiger partial charge on any atom is -0.497 e. The van der Waals surface area contributed by atoms with Gasteiger partial charge in [0, 0.05) is 12.0 Å². The fourth-order valence-corrected chi connectivity index (χ4v) is 3.53. The Balaban J connectivity index is 2.08. The lowest BCUT2D eigenvalue weighted by Gasteiger charge is -2.23. The number of hydrogen-bond donors (Lipinski definition) is 1. The Bertz CT molecular complexity index is 650. The molecule has 22 heavy (non-hydrogen) atoms. The molecule has 3 rings (SSSR count). The van der Waals surface area contributed by atoms with Gasteiger partial charge in [0.2, 0.25) is 0 Å². The smallest absolute Gasteiger partial charge is 0.119 e. The average Bonchev–Trinajstić information content (AvgIpc) is 2.72. The van der Waals surface area contributed by atoms with Crippen LogP contribution >= 0.6 is 0 Å². The van der Waals surface area contributed by atoms with Crippen molar-refractivity contribution in [1.29, 1.82) is 0 Å². The number of hydrogen-bond acceptors (Lipinski definition) is 2. The van der Waals surface area contributed by atoms with Gasteiger partial charge in [-0.25, -0.2) is 0 Å². The number of benzene rings is 2. The lowest BCUT2D eigenvalue weighted by Crippen LogP contribution is -2.22. The molecule has 2 aromatic carbocycles. The van der Waals surface area contributed by atoms with E-state index < -0.39 is 0 Å². The molecular formula is C20H25NO. The lowest BCUT2D eigenvalue weighted by molar-refractivity contribution is 0.414. The van der Waals surface area contributed by atoms with Crippen molar-refractivity contribution in [2.24, 2.45) is 5.73 Å². The molecule has 2 aromatic rings. The largest absolute Gasteiger partial charge is 0.497 e. The van der Waals surface area contributed by atoms with Gasteiger partial charge >= 0.3 is 0 Å². The molecule has 0 heterocycles. The summed E-state index contributed by atoms with van der Waals surface area (Å²) in [5, 5.41) is 0. The summed E-state index contributed by atoms with van der Waals surface area (Å²) in [6, 6.07) is 15.6. The van der Waals surface area contributed by atoms with Crippen LogP contribution in [0.1, 0.15) is 47.9 Å². The van der Waals surface area contributed by atoms with Gasteiger partial charge in [0.15, 0.2) is 0 Å². The summed E-state index contributed by atoms with van der Waals surface area (Å²) in [6.07, 6.45) is 4.19. The first kappa shape index (κ1) is 15.1. The minimum atomic E-state index is 0.242. The zero-order chi connectivity index (χ0) is 15.5. The van der Waals surface area contributed by atoms with E-state index in [9.17, 15) is 0 Å². The molecule has 2 N–H and O–H groups in total. The monoisotopic (exact) mass is 295 g/mol. The van der Waals surface area contributed by atoms with Crippen LogP contribution in [0, 0.1) is 0 Å². The third-order valence-corrected chi connectivity index (χ3v) is 4.88. The standard InChI is InChI=1S/C20H25NO/c1-3-16(21)13-20-18-7-5-4-6-14(18)8-9-15-12-17(22-2)10-11-19(15)20/h4-7,10-12,16,20H,3,8-9,13,21H2,1-2H3. The SMILES string of the molecule is CCC(N)CC1c2ccccc2CCc2cc(OC)ccc21. The lowest BCUT2D eigenvalue weighted by atomic mass is 9.83. The molecule has 2 unspecified atom stereocenters. The number of rotatable bonds is 4. The fraction of sp³-hybridized carbons (Fsp3) is 0.400. The van der Waals surface area contributed by atoms with E-state index in [-0.39, 0.29) is 6.04 Å². The number of methoxy groups -OCH3 is 1. The van der Waals surface area contributed by atoms with Gasteiger partial charge in [-0.1, -0.05) is 37.3 Å². The molecule has 2 nitrogen and oxygen atoms in total. The average molecular weight is 295 g/mol. The van der Waals surface area contributed by atoms with E-state index in [0.29, 0.717) is 5.92 Å². The molecule has 0 saturated heterocycles. The van der Waals surface area contributed by atoms with Crippen molar-refractivity contribution in [2.45, 2.75) is 44.6 Å². The van der Waals surface area contributed by atoms with E-state index in [2.05, 4.69) is 49.4 Å². The van der Waals surface area contributed by atoms with Gasteiger partial charge in [0.05, 0.1) is 7.11 Å². The summed E-state index contributed by atoms with van der Waals surface area (Å²) in [6.45, 7) is 2.17. The molecule has 2 heteroatoms. The van der Waals surface area contributed by atoms with Crippen molar-refractivity contribution in [3.05, 3.63) is 64.7 Å². The Morgan fingerprint density at radius 3 is 2.59 bits per heavy atom. The van der Waals surface area contributed by atoms with Crippen LogP contribution in [0.2, 0.25) is 0 Å². The maximum Gasteiger partial charge on any atom is 0.119 e. The van der Waals surface area contributed by atoms with E-state index >= 15 is 0 Å². The van der Waals surface area contributed by atoms with Gasteiger partial charge in [0.1, 0.15) is 5.75 Å². The van der Waals surface area contributed by atoms with Gasteiger partial charge in [0.25, 0.3) is 0 Å². The van der Waals surface area contributed by atoms with Crippen LogP contribution in [-0.2, 0) is 12.8 Å². The van der Waals surface area contributed by atoms with Crippen molar-refractivity contribution >= 4 is 0 Å². The minimum absolute atomic E-state index is 0.242. The Kier molecular flexibility index (Phi) is 4.49. The molecule has 116 valence electrons. The van der Waals surface area contributed by atoms with Crippen molar-refractivity contribution in [3.8, 4) is 5.75 Å². The van der Waals surface area contributed by atoms with Gasteiger partial charge in [-0.2, -0.15) is 0 Å². The molecule has 1 aliphatic rings. The normalized spacial score (nSPS) is 18.0. The summed E-state index contributed by atoms with van der Waals surface area (Å²) in [4.78, 5) is 0. The predicted octanol–water partition coefficient (Wildman–Crippen LogP) is 4.05. The summed E-state index contributed by atoms with van der Waals surface area (Å²) in [5.41, 5.74) is 12.1. The highest BCUT2D eigenvalue weighted by Gasteiger charge is 2.25. The molecule has 0 aliphatic heterocycles. The maximum atomic E-state index is 6.30. The van der Waals surface area contributed by atoms with Crippen LogP contribution in [-0.4, -0.2) is 13.2 Å². The van der Waals surface area contributed by atoms with Crippen molar-refractivity contribution < 1.29 is 4.74 Å². The van der Waals surface area contributed by atoms with Gasteiger partial charge in [-0.05, 0) is 60.1 Å². The highest BCUT2D eigenvalue weighted by molar-refractivity contribution is 5.47. The first-order valence-electron chi connectivity index (χ1n) is 8.23. The number of aryl methyl sites for hydroxylation is 2. The molecule has 0 aromatic heterocycles. The van der Waals surface area contributed by atoms with E-state index in [1.54, 1.807) is 7.11 Å². The summed E-state index contributed by atoms with van der Waals surface area (Å²) >= 11 is 0. The van der Waals surface area contributed by atoms with Crippen LogP contribution in [0.15, 0.2) is 42.5 Å². The fourth-order valence-electron chi connectivity index (χ4n) is 3.53. The summed E-state index contributed by atoms with van der Waals surface area (Å²) in [5.74, 6) is 1.35. The van der Waals surface area contributed by atoms with Crippen molar-refractivity contribution in [2.75, 3.05) is 7.11 Å². The molecule has 0 fully saturated rings. The molecular weight excluding hydrogens is 270 g/mol. The van der Waals surface area contributed by atoms with Crippen LogP contribution in [0.25, 0.3) is 0 Å². The number of ether oxygens (including phenoxy) is 1. The van der Waals surface area contributed by atoms with Crippen molar-refractivity contribution in [1.82, 2.24) is 0 Å². The third kappa shape index (κ3) is 2.89. The molecule has 0 radical (unpaired) electrons. The zero-order valence-corrected chi connectivity index (χ0v) is 13.5. The number of fused-ring (bicyclic) bond motifs is 2. The molecule has 0 saturated carbocycles. The molecule has 0 bridgehead atoms. The Hall–Kier alpha value is -1.80. The van der Waals surface area contributed by atoms with Gasteiger partial charge in [-0.3, -0.25) is 0 Å². The van der Waals surface area contributed by atoms with Crippen LogP contribution in [0.4, 0.5) is 0 Å². The second kappa shape index (κ2) is 6.53. The van der Waals surface area contributed by atoms with E-state index in [1.807, 2.05) is 0 Å². The zero-order valence-electron chi connectivity index (χ0n) is 13.5. The Morgan fingerprint density at radius 1 is 1.09 bits per heavy atom. The quantitative estimate of drug-likeness (QED) is 0.923. The molecule has 0 amide bonds. The predicted molar refractivity (Wildman–Crippen MR) is 91.6 cm³/mol. The first-order valence-corrected chi connectivity index (χ1v) is 8.23. The number of nitrogens with two attached hydrogens (primary N) is 1. The van der Waals surface area contributed by atoms with Crippen molar-refractivity contribution in [3.63, 3.8) is 0 Å². The van der Waals surface area contributed by atoms with Gasteiger partial charge < -0.3 is 10.5 Å². The highest BCUT2D eigenvalue weighted by atomic mass is 16.5. The molecule has 1 aliphatic carbocycles. The Morgan fingerprint density at radius 2 is 1.82 bits per heavy atom. The second-order valence-corrected chi connectivity index (χ2v) is 6.22. The van der Waals surface area contributed by atoms with E-state index in [0.717, 1.165) is 31.4 Å². The maximum absolute atomic E-state index is 6.30. The van der Waals surface area contributed by atoms with E-state index in [4.69, 9.17) is 10.5 Å². The third-order valence-electron chi connectivity index (χ3n) is 4.88. The first-order chi connectivity index (χ1) is 10.7. The van der Waals surface area contributed by atoms with Crippen LogP contribution < -0.4 is 10.5 Å².